The zero-order chi connectivity index (χ0) is 14.8. The molecule has 1 amide bonds. The summed E-state index contributed by atoms with van der Waals surface area (Å²) in [5.74, 6) is -0.223. The molecule has 21 heavy (non-hydrogen) atoms. The van der Waals surface area contributed by atoms with E-state index >= 15 is 0 Å². The largest absolute Gasteiger partial charge is 0.505 e. The molecule has 3 heterocycles. The van der Waals surface area contributed by atoms with Gasteiger partial charge in [-0.3, -0.25) is 9.69 Å². The highest BCUT2D eigenvalue weighted by Gasteiger charge is 2.33. The third-order valence-corrected chi connectivity index (χ3v) is 4.53. The van der Waals surface area contributed by atoms with Crippen molar-refractivity contribution in [1.82, 2.24) is 14.8 Å². The van der Waals surface area contributed by atoms with Crippen LogP contribution in [0.2, 0.25) is 0 Å². The van der Waals surface area contributed by atoms with Crippen LogP contribution >= 0.6 is 0 Å². The summed E-state index contributed by atoms with van der Waals surface area (Å²) in [6, 6.07) is 3.86. The summed E-state index contributed by atoms with van der Waals surface area (Å²) in [6.45, 7) is 3.47. The molecule has 2 fully saturated rings. The van der Waals surface area contributed by atoms with Crippen LogP contribution in [-0.4, -0.2) is 64.1 Å². The number of hydrogen-bond acceptors (Lipinski definition) is 5. The lowest BCUT2D eigenvalue weighted by Crippen LogP contribution is -2.46. The zero-order valence-corrected chi connectivity index (χ0v) is 12.1. The van der Waals surface area contributed by atoms with Crippen molar-refractivity contribution in [2.75, 3.05) is 26.2 Å². The fraction of sp³-hybridized carbons (Fsp3) is 0.600. The number of carbonyl (C=O) groups excluding carboxylic acids is 1. The van der Waals surface area contributed by atoms with E-state index in [0.717, 1.165) is 38.9 Å². The number of nitrogens with two attached hydrogens (primary N) is 1. The summed E-state index contributed by atoms with van der Waals surface area (Å²) < 4.78 is 0. The minimum Gasteiger partial charge on any atom is -0.505 e. The molecule has 0 bridgehead atoms. The first kappa shape index (κ1) is 14.3. The molecular weight excluding hydrogens is 268 g/mol. The Bertz CT molecular complexity index is 514. The van der Waals surface area contributed by atoms with Gasteiger partial charge in [0, 0.05) is 31.4 Å². The highest BCUT2D eigenvalue weighted by molar-refractivity contribution is 5.94. The Morgan fingerprint density at radius 1 is 1.29 bits per heavy atom. The molecule has 2 saturated heterocycles. The average Bonchev–Trinajstić information content (AvgIpc) is 2.98. The molecule has 3 rings (SSSR count). The molecule has 0 radical (unpaired) electrons. The van der Waals surface area contributed by atoms with Crippen molar-refractivity contribution >= 4 is 5.91 Å². The molecule has 0 spiro atoms. The maximum absolute atomic E-state index is 12.4. The minimum atomic E-state index is -0.177. The summed E-state index contributed by atoms with van der Waals surface area (Å²) in [5.41, 5.74) is 6.09. The second-order valence-corrected chi connectivity index (χ2v) is 5.94. The van der Waals surface area contributed by atoms with Crippen LogP contribution in [0.5, 0.6) is 5.75 Å². The van der Waals surface area contributed by atoms with E-state index in [4.69, 9.17) is 5.73 Å². The van der Waals surface area contributed by atoms with Gasteiger partial charge in [-0.25, -0.2) is 4.98 Å². The van der Waals surface area contributed by atoms with Crippen LogP contribution in [0, 0.1) is 0 Å². The van der Waals surface area contributed by atoms with Crippen LogP contribution in [-0.2, 0) is 0 Å². The molecule has 6 heteroatoms. The lowest BCUT2D eigenvalue weighted by Gasteiger charge is -2.34. The molecule has 1 aromatic rings. The number of piperidine rings is 1. The number of aromatic hydroxyl groups is 1. The Morgan fingerprint density at radius 2 is 2.05 bits per heavy atom. The van der Waals surface area contributed by atoms with E-state index < -0.39 is 0 Å². The van der Waals surface area contributed by atoms with Gasteiger partial charge in [0.1, 0.15) is 5.75 Å². The number of rotatable bonds is 2. The second kappa shape index (κ2) is 5.99. The van der Waals surface area contributed by atoms with Crippen molar-refractivity contribution in [1.29, 1.82) is 0 Å². The van der Waals surface area contributed by atoms with E-state index in [0.29, 0.717) is 18.6 Å². The fourth-order valence-corrected chi connectivity index (χ4v) is 3.22. The molecule has 114 valence electrons. The first-order chi connectivity index (χ1) is 10.1. The van der Waals surface area contributed by atoms with E-state index in [1.165, 1.54) is 12.3 Å². The van der Waals surface area contributed by atoms with Crippen LogP contribution in [0.3, 0.4) is 0 Å². The van der Waals surface area contributed by atoms with E-state index in [-0.39, 0.29) is 17.4 Å². The maximum Gasteiger partial charge on any atom is 0.276 e. The van der Waals surface area contributed by atoms with Crippen molar-refractivity contribution in [3.8, 4) is 5.75 Å². The summed E-state index contributed by atoms with van der Waals surface area (Å²) in [4.78, 5) is 20.6. The van der Waals surface area contributed by atoms with Gasteiger partial charge in [0.2, 0.25) is 0 Å². The quantitative estimate of drug-likeness (QED) is 0.825. The van der Waals surface area contributed by atoms with Gasteiger partial charge in [0.15, 0.2) is 5.69 Å². The summed E-state index contributed by atoms with van der Waals surface area (Å²) >= 11 is 0. The Balaban J connectivity index is 1.62. The standard InChI is InChI=1S/C15H22N4O2/c16-11-3-7-18(8-4-11)12-5-9-19(10-12)15(21)14-13(20)2-1-6-17-14/h1-2,6,11-12,20H,3-5,7-10,16H2. The molecule has 3 N–H and O–H groups in total. The number of nitrogens with zero attached hydrogens (tertiary/aromatic N) is 3. The van der Waals surface area contributed by atoms with Gasteiger partial charge in [0.05, 0.1) is 0 Å². The van der Waals surface area contributed by atoms with Gasteiger partial charge in [-0.2, -0.15) is 0 Å². The Hall–Kier alpha value is -1.66. The van der Waals surface area contributed by atoms with Crippen LogP contribution in [0.1, 0.15) is 29.8 Å². The van der Waals surface area contributed by atoms with Crippen molar-refractivity contribution in [2.45, 2.75) is 31.3 Å². The molecular formula is C15H22N4O2. The predicted molar refractivity (Wildman–Crippen MR) is 79.0 cm³/mol. The van der Waals surface area contributed by atoms with Gasteiger partial charge < -0.3 is 15.7 Å². The number of aromatic nitrogens is 1. The Kier molecular flexibility index (Phi) is 4.07. The summed E-state index contributed by atoms with van der Waals surface area (Å²) in [7, 11) is 0. The van der Waals surface area contributed by atoms with E-state index in [1.54, 1.807) is 11.0 Å². The lowest BCUT2D eigenvalue weighted by molar-refractivity contribution is 0.0760. The molecule has 0 aromatic carbocycles. The van der Waals surface area contributed by atoms with Crippen molar-refractivity contribution in [3.05, 3.63) is 24.0 Å². The Labute approximate surface area is 124 Å². The highest BCUT2D eigenvalue weighted by atomic mass is 16.3. The number of likely N-dealkylation sites (tertiary alicyclic amines) is 2. The average molecular weight is 290 g/mol. The predicted octanol–water partition coefficient (Wildman–Crippen LogP) is 0.425. The van der Waals surface area contributed by atoms with Crippen molar-refractivity contribution in [3.63, 3.8) is 0 Å². The van der Waals surface area contributed by atoms with Crippen LogP contribution in [0.25, 0.3) is 0 Å². The molecule has 1 aromatic heterocycles. The first-order valence-corrected chi connectivity index (χ1v) is 7.58. The van der Waals surface area contributed by atoms with Crippen LogP contribution in [0.15, 0.2) is 18.3 Å². The SMILES string of the molecule is NC1CCN(C2CCN(C(=O)c3ncccc3O)C2)CC1. The van der Waals surface area contributed by atoms with E-state index in [1.807, 2.05) is 0 Å². The van der Waals surface area contributed by atoms with E-state index in [9.17, 15) is 9.90 Å². The van der Waals surface area contributed by atoms with E-state index in [2.05, 4.69) is 9.88 Å². The smallest absolute Gasteiger partial charge is 0.276 e. The van der Waals surface area contributed by atoms with Gasteiger partial charge in [-0.15, -0.1) is 0 Å². The monoisotopic (exact) mass is 290 g/mol. The molecule has 0 aliphatic carbocycles. The number of hydrogen-bond donors (Lipinski definition) is 2. The van der Waals surface area contributed by atoms with Gasteiger partial charge in [0.25, 0.3) is 5.91 Å². The molecule has 2 aliphatic heterocycles. The van der Waals surface area contributed by atoms with Crippen molar-refractivity contribution < 1.29 is 9.90 Å². The molecule has 1 atom stereocenters. The molecule has 1 unspecified atom stereocenters. The van der Waals surface area contributed by atoms with Crippen LogP contribution in [0.4, 0.5) is 0 Å². The van der Waals surface area contributed by atoms with Crippen molar-refractivity contribution in [2.24, 2.45) is 5.73 Å². The topological polar surface area (TPSA) is 82.7 Å². The summed E-state index contributed by atoms with van der Waals surface area (Å²) in [5, 5.41) is 9.75. The molecule has 0 saturated carbocycles. The summed E-state index contributed by atoms with van der Waals surface area (Å²) in [6.07, 6.45) is 4.58. The Morgan fingerprint density at radius 3 is 2.76 bits per heavy atom. The number of pyridine rings is 1. The second-order valence-electron chi connectivity index (χ2n) is 5.94. The third kappa shape index (κ3) is 3.01. The van der Waals surface area contributed by atoms with Gasteiger partial charge in [-0.1, -0.05) is 0 Å². The first-order valence-electron chi connectivity index (χ1n) is 7.58. The number of carbonyl (C=O) groups is 1. The van der Waals surface area contributed by atoms with Gasteiger partial charge in [-0.05, 0) is 44.5 Å². The fourth-order valence-electron chi connectivity index (χ4n) is 3.22. The highest BCUT2D eigenvalue weighted by Crippen LogP contribution is 2.23. The maximum atomic E-state index is 12.4. The van der Waals surface area contributed by atoms with Crippen LogP contribution < -0.4 is 5.73 Å². The van der Waals surface area contributed by atoms with Gasteiger partial charge >= 0.3 is 0 Å². The zero-order valence-electron chi connectivity index (χ0n) is 12.1. The minimum absolute atomic E-state index is 0.0464. The molecule has 2 aliphatic rings. The molecule has 6 nitrogen and oxygen atoms in total. The number of amides is 1. The third-order valence-electron chi connectivity index (χ3n) is 4.53. The lowest BCUT2D eigenvalue weighted by atomic mass is 10.0. The normalized spacial score (nSPS) is 24.4.